The van der Waals surface area contributed by atoms with E-state index in [4.69, 9.17) is 5.26 Å². The van der Waals surface area contributed by atoms with E-state index in [0.717, 1.165) is 5.56 Å². The molecule has 0 radical (unpaired) electrons. The molecule has 2 aromatic rings. The Kier molecular flexibility index (Phi) is 3.44. The number of hydrogen-bond donors (Lipinski definition) is 0. The topological polar surface area (TPSA) is 71.6 Å². The highest BCUT2D eigenvalue weighted by Gasteiger charge is 2.15. The van der Waals surface area contributed by atoms with Crippen molar-refractivity contribution < 1.29 is 0 Å². The second-order valence-electron chi connectivity index (χ2n) is 3.53. The maximum Gasteiger partial charge on any atom is 0.272 e. The lowest BCUT2D eigenvalue weighted by Crippen LogP contribution is -2.23. The molecule has 90 valence electrons. The van der Waals surface area contributed by atoms with Crippen molar-refractivity contribution in [3.63, 3.8) is 0 Å². The van der Waals surface area contributed by atoms with Crippen LogP contribution < -0.4 is 5.56 Å². The molecule has 0 saturated heterocycles. The van der Waals surface area contributed by atoms with Crippen LogP contribution in [0.15, 0.2) is 34.5 Å². The molecule has 18 heavy (non-hydrogen) atoms. The Morgan fingerprint density at radius 3 is 2.61 bits per heavy atom. The van der Waals surface area contributed by atoms with Gasteiger partial charge in [0.25, 0.3) is 5.56 Å². The molecule has 0 fully saturated rings. The van der Waals surface area contributed by atoms with Gasteiger partial charge in [-0.2, -0.15) is 5.26 Å². The predicted molar refractivity (Wildman–Crippen MR) is 69.2 cm³/mol. The number of hydrogen-bond acceptors (Lipinski definition) is 5. The fourth-order valence-corrected chi connectivity index (χ4v) is 2.12. The van der Waals surface area contributed by atoms with E-state index in [2.05, 4.69) is 9.97 Å². The molecule has 2 rings (SSSR count). The first-order valence-corrected chi connectivity index (χ1v) is 6.37. The molecular weight excluding hydrogens is 248 g/mol. The molecule has 0 spiro atoms. The summed E-state index contributed by atoms with van der Waals surface area (Å²) in [5, 5.41) is 9.70. The maximum absolute atomic E-state index is 12.0. The van der Waals surface area contributed by atoms with Crippen LogP contribution in [0.2, 0.25) is 0 Å². The Morgan fingerprint density at radius 1 is 1.39 bits per heavy atom. The van der Waals surface area contributed by atoms with E-state index in [1.807, 2.05) is 12.3 Å². The number of nitrogens with zero attached hydrogens (tertiary/aromatic N) is 4. The third kappa shape index (κ3) is 2.00. The van der Waals surface area contributed by atoms with Crippen LogP contribution in [0.3, 0.4) is 0 Å². The maximum atomic E-state index is 12.0. The summed E-state index contributed by atoms with van der Waals surface area (Å²) in [5.74, 6) is 0. The van der Waals surface area contributed by atoms with Gasteiger partial charge in [0.1, 0.15) is 11.6 Å². The zero-order chi connectivity index (χ0) is 13.1. The summed E-state index contributed by atoms with van der Waals surface area (Å²) in [7, 11) is 1.61. The van der Waals surface area contributed by atoms with E-state index in [0.29, 0.717) is 10.9 Å². The summed E-state index contributed by atoms with van der Waals surface area (Å²) < 4.78 is 1.38. The molecule has 0 bridgehead atoms. The van der Waals surface area contributed by atoms with Crippen molar-refractivity contribution in [2.75, 3.05) is 6.26 Å². The average molecular weight is 258 g/mol. The highest BCUT2D eigenvalue weighted by molar-refractivity contribution is 7.98. The van der Waals surface area contributed by atoms with Gasteiger partial charge in [-0.25, -0.2) is 4.98 Å². The van der Waals surface area contributed by atoms with Crippen LogP contribution in [0.1, 0.15) is 5.56 Å². The number of aromatic nitrogens is 3. The molecule has 0 saturated carbocycles. The molecule has 0 aliphatic carbocycles. The smallest absolute Gasteiger partial charge is 0.272 e. The fourth-order valence-electron chi connectivity index (χ4n) is 1.58. The third-order valence-electron chi connectivity index (χ3n) is 2.50. The van der Waals surface area contributed by atoms with Crippen molar-refractivity contribution in [3.8, 4) is 17.3 Å². The lowest BCUT2D eigenvalue weighted by molar-refractivity contribution is 0.709. The molecule has 2 heterocycles. The van der Waals surface area contributed by atoms with Crippen molar-refractivity contribution in [1.29, 1.82) is 5.26 Å². The van der Waals surface area contributed by atoms with E-state index in [1.165, 1.54) is 16.3 Å². The van der Waals surface area contributed by atoms with Gasteiger partial charge in [-0.15, -0.1) is 0 Å². The Labute approximate surface area is 108 Å². The summed E-state index contributed by atoms with van der Waals surface area (Å²) in [6.07, 6.45) is 5.05. The molecule has 6 heteroatoms. The zero-order valence-corrected chi connectivity index (χ0v) is 10.7. The molecule has 5 nitrogen and oxygen atoms in total. The Hall–Kier alpha value is -2.13. The molecule has 0 aliphatic heterocycles. The summed E-state index contributed by atoms with van der Waals surface area (Å²) >= 11 is 1.36. The lowest BCUT2D eigenvalue weighted by atomic mass is 10.1. The minimum absolute atomic E-state index is 0.0569. The molecule has 0 aromatic carbocycles. The van der Waals surface area contributed by atoms with Crippen LogP contribution in [0, 0.1) is 11.3 Å². The molecule has 0 atom stereocenters. The van der Waals surface area contributed by atoms with Gasteiger partial charge in [-0.05, 0) is 18.4 Å². The highest BCUT2D eigenvalue weighted by atomic mass is 32.2. The Balaban J connectivity index is 2.80. The van der Waals surface area contributed by atoms with Gasteiger partial charge in [0, 0.05) is 25.0 Å². The normalized spacial score (nSPS) is 10.1. The predicted octanol–water partition coefficient (Wildman–Crippen LogP) is 1.44. The molecule has 0 amide bonds. The van der Waals surface area contributed by atoms with E-state index >= 15 is 0 Å². The summed E-state index contributed by atoms with van der Waals surface area (Å²) in [4.78, 5) is 20.3. The zero-order valence-electron chi connectivity index (χ0n) is 9.91. The van der Waals surface area contributed by atoms with Gasteiger partial charge < -0.3 is 0 Å². The van der Waals surface area contributed by atoms with E-state index in [-0.39, 0.29) is 11.1 Å². The summed E-state index contributed by atoms with van der Waals surface area (Å²) in [5.41, 5.74) is 0.854. The number of pyridine rings is 1. The fraction of sp³-hybridized carbons (Fsp3) is 0.167. The van der Waals surface area contributed by atoms with Gasteiger partial charge in [-0.3, -0.25) is 14.3 Å². The molecule has 0 aliphatic rings. The van der Waals surface area contributed by atoms with Crippen LogP contribution in [0.4, 0.5) is 0 Å². The average Bonchev–Trinajstić information content (AvgIpc) is 2.42. The third-order valence-corrected chi connectivity index (χ3v) is 3.23. The van der Waals surface area contributed by atoms with E-state index in [9.17, 15) is 4.79 Å². The second kappa shape index (κ2) is 5.02. The van der Waals surface area contributed by atoms with Crippen LogP contribution in [0.5, 0.6) is 0 Å². The van der Waals surface area contributed by atoms with Gasteiger partial charge in [0.05, 0.1) is 5.69 Å². The van der Waals surface area contributed by atoms with Gasteiger partial charge in [-0.1, -0.05) is 11.8 Å². The van der Waals surface area contributed by atoms with E-state index in [1.54, 1.807) is 31.6 Å². The number of thioether (sulfide) groups is 1. The lowest BCUT2D eigenvalue weighted by Gasteiger charge is -2.09. The van der Waals surface area contributed by atoms with Crippen molar-refractivity contribution in [3.05, 3.63) is 40.4 Å². The van der Waals surface area contributed by atoms with E-state index < -0.39 is 0 Å². The van der Waals surface area contributed by atoms with Crippen LogP contribution in [-0.4, -0.2) is 20.8 Å². The quantitative estimate of drug-likeness (QED) is 0.602. The first kappa shape index (κ1) is 12.3. The minimum Gasteiger partial charge on any atom is -0.290 e. The Bertz CT molecular complexity index is 673. The van der Waals surface area contributed by atoms with Crippen molar-refractivity contribution in [2.24, 2.45) is 7.05 Å². The highest BCUT2D eigenvalue weighted by Crippen LogP contribution is 2.21. The van der Waals surface area contributed by atoms with Crippen LogP contribution in [-0.2, 0) is 7.05 Å². The van der Waals surface area contributed by atoms with Crippen molar-refractivity contribution in [2.45, 2.75) is 5.16 Å². The molecule has 0 unspecified atom stereocenters. The van der Waals surface area contributed by atoms with Crippen molar-refractivity contribution in [1.82, 2.24) is 14.5 Å². The first-order valence-electron chi connectivity index (χ1n) is 5.14. The standard InChI is InChI=1S/C12H10N4OS/c1-16-11(17)9(7-13)10(15-12(16)18-2)8-3-5-14-6-4-8/h3-6H,1-2H3. The minimum atomic E-state index is -0.330. The summed E-state index contributed by atoms with van der Waals surface area (Å²) in [6, 6.07) is 5.39. The monoisotopic (exact) mass is 258 g/mol. The number of rotatable bonds is 2. The SMILES string of the molecule is CSc1nc(-c2ccncc2)c(C#N)c(=O)n1C. The second-order valence-corrected chi connectivity index (χ2v) is 4.31. The van der Waals surface area contributed by atoms with Crippen LogP contribution in [0.25, 0.3) is 11.3 Å². The van der Waals surface area contributed by atoms with Gasteiger partial charge in [0.2, 0.25) is 0 Å². The molecule has 2 aromatic heterocycles. The molecular formula is C12H10N4OS. The number of nitriles is 1. The molecule has 0 N–H and O–H groups in total. The van der Waals surface area contributed by atoms with Gasteiger partial charge >= 0.3 is 0 Å². The van der Waals surface area contributed by atoms with Gasteiger partial charge in [0.15, 0.2) is 5.16 Å². The summed E-state index contributed by atoms with van der Waals surface area (Å²) in [6.45, 7) is 0. The first-order chi connectivity index (χ1) is 8.69. The van der Waals surface area contributed by atoms with Crippen molar-refractivity contribution >= 4 is 11.8 Å². The van der Waals surface area contributed by atoms with Crippen LogP contribution >= 0.6 is 11.8 Å². The largest absolute Gasteiger partial charge is 0.290 e. The Morgan fingerprint density at radius 2 is 2.06 bits per heavy atom.